The van der Waals surface area contributed by atoms with Crippen molar-refractivity contribution in [1.82, 2.24) is 0 Å². The molecule has 1 fully saturated rings. The molecule has 14 nitrogen and oxygen atoms in total. The van der Waals surface area contributed by atoms with Gasteiger partial charge in [-0.3, -0.25) is 9.59 Å². The Morgan fingerprint density at radius 1 is 0.481 bits per heavy atom. The first-order chi connectivity index (χ1) is 25.6. The van der Waals surface area contributed by atoms with Gasteiger partial charge >= 0.3 is 35.8 Å². The zero-order valence-electron chi connectivity index (χ0n) is 32.6. The van der Waals surface area contributed by atoms with Gasteiger partial charge in [-0.15, -0.1) is 0 Å². The number of esters is 6. The third-order valence-corrected chi connectivity index (χ3v) is 8.09. The average Bonchev–Trinajstić information content (AvgIpc) is 3.12. The molecule has 0 aromatic rings. The number of carbonyl (C=O) groups excluding carboxylic acids is 6. The van der Waals surface area contributed by atoms with E-state index in [1.165, 1.54) is 13.8 Å². The Hall–Kier alpha value is -4.30. The summed E-state index contributed by atoms with van der Waals surface area (Å²) in [5.41, 5.74) is 1.05. The minimum Gasteiger partial charge on any atom is -0.462 e. The van der Waals surface area contributed by atoms with Crippen LogP contribution >= 0.6 is 0 Å². The first kappa shape index (κ1) is 47.7. The van der Waals surface area contributed by atoms with Crippen molar-refractivity contribution >= 4 is 35.8 Å². The molecule has 304 valence electrons. The normalized spacial score (nSPS) is 16.1. The van der Waals surface area contributed by atoms with Gasteiger partial charge in [0.1, 0.15) is 13.2 Å². The van der Waals surface area contributed by atoms with Crippen LogP contribution in [0.2, 0.25) is 0 Å². The zero-order valence-corrected chi connectivity index (χ0v) is 32.6. The lowest BCUT2D eigenvalue weighted by molar-refractivity contribution is -0.162. The molecule has 0 radical (unpaired) electrons. The largest absolute Gasteiger partial charge is 0.462 e. The highest BCUT2D eigenvalue weighted by atomic mass is 16.6. The van der Waals surface area contributed by atoms with Crippen LogP contribution in [0.3, 0.4) is 0 Å². The molecule has 2 unspecified atom stereocenters. The minimum absolute atomic E-state index is 0.0486. The van der Waals surface area contributed by atoms with Gasteiger partial charge in [0.25, 0.3) is 0 Å². The van der Waals surface area contributed by atoms with E-state index < -0.39 is 48.0 Å². The molecule has 54 heavy (non-hydrogen) atoms. The molecule has 0 amide bonds. The number of ether oxygens (including phenoxy) is 8. The van der Waals surface area contributed by atoms with E-state index in [9.17, 15) is 28.8 Å². The molecule has 0 saturated heterocycles. The second-order valence-electron chi connectivity index (χ2n) is 13.7. The summed E-state index contributed by atoms with van der Waals surface area (Å²) in [4.78, 5) is 71.8. The second kappa shape index (κ2) is 27.3. The molecule has 0 aromatic heterocycles. The predicted molar refractivity (Wildman–Crippen MR) is 198 cm³/mol. The van der Waals surface area contributed by atoms with Gasteiger partial charge in [-0.25, -0.2) is 19.2 Å². The van der Waals surface area contributed by atoms with Gasteiger partial charge in [0.05, 0.1) is 26.4 Å². The van der Waals surface area contributed by atoms with Gasteiger partial charge < -0.3 is 37.9 Å². The van der Waals surface area contributed by atoms with Gasteiger partial charge in [0.15, 0.2) is 12.2 Å². The third kappa shape index (κ3) is 22.7. The topological polar surface area (TPSA) is 176 Å². The lowest BCUT2D eigenvalue weighted by atomic mass is 9.83. The van der Waals surface area contributed by atoms with E-state index in [1.807, 2.05) is 0 Å². The van der Waals surface area contributed by atoms with E-state index in [4.69, 9.17) is 37.9 Å². The number of rotatable bonds is 28. The smallest absolute Gasteiger partial charge is 0.333 e. The van der Waals surface area contributed by atoms with Gasteiger partial charge in [0.2, 0.25) is 0 Å². The van der Waals surface area contributed by atoms with Crippen LogP contribution < -0.4 is 0 Å². The van der Waals surface area contributed by atoms with E-state index in [-0.39, 0.29) is 75.5 Å². The lowest BCUT2D eigenvalue weighted by Crippen LogP contribution is -2.32. The summed E-state index contributed by atoms with van der Waals surface area (Å²) >= 11 is 0. The molecular weight excluding hydrogens is 704 g/mol. The average molecular weight is 765 g/mol. The molecule has 0 aromatic carbocycles. The van der Waals surface area contributed by atoms with Crippen LogP contribution in [0.1, 0.15) is 91.9 Å². The molecular formula is C40H60O14. The molecule has 14 heteroatoms. The van der Waals surface area contributed by atoms with Crippen molar-refractivity contribution in [3.8, 4) is 0 Å². The SMILES string of the molecule is C=C(C)C(=O)OCCCCC(=O)OC(COCC1CCC(COCC(COC(=O)C(=C)C)OC(=O)CCCCOC(=O)C(=C)C)CC1)COC(=O)C(=C)C. The van der Waals surface area contributed by atoms with Crippen LogP contribution in [0.25, 0.3) is 0 Å². The van der Waals surface area contributed by atoms with Gasteiger partial charge in [-0.1, -0.05) is 26.3 Å². The van der Waals surface area contributed by atoms with Crippen LogP contribution in [-0.2, 0) is 66.7 Å². The molecule has 0 aliphatic heterocycles. The fourth-order valence-corrected chi connectivity index (χ4v) is 4.92. The van der Waals surface area contributed by atoms with Crippen LogP contribution in [0.15, 0.2) is 48.6 Å². The summed E-state index contributed by atoms with van der Waals surface area (Å²) in [6, 6.07) is 0. The Labute approximate surface area is 319 Å². The van der Waals surface area contributed by atoms with Gasteiger partial charge in [0, 0.05) is 48.3 Å². The number of carbonyl (C=O) groups is 6. The highest BCUT2D eigenvalue weighted by molar-refractivity contribution is 5.88. The molecule has 1 saturated carbocycles. The molecule has 0 heterocycles. The summed E-state index contributed by atoms with van der Waals surface area (Å²) in [5.74, 6) is -2.56. The highest BCUT2D eigenvalue weighted by Crippen LogP contribution is 2.29. The molecule has 0 N–H and O–H groups in total. The van der Waals surface area contributed by atoms with Crippen LogP contribution in [0, 0.1) is 11.8 Å². The van der Waals surface area contributed by atoms with Crippen LogP contribution in [0.5, 0.6) is 0 Å². The van der Waals surface area contributed by atoms with Crippen molar-refractivity contribution < 1.29 is 66.7 Å². The van der Waals surface area contributed by atoms with E-state index in [0.29, 0.717) is 50.0 Å². The Kier molecular flexibility index (Phi) is 24.1. The molecule has 1 aliphatic carbocycles. The lowest BCUT2D eigenvalue weighted by Gasteiger charge is -2.29. The van der Waals surface area contributed by atoms with E-state index in [1.54, 1.807) is 13.8 Å². The fourth-order valence-electron chi connectivity index (χ4n) is 4.92. The van der Waals surface area contributed by atoms with Crippen LogP contribution in [-0.4, -0.2) is 101 Å². The number of unbranched alkanes of at least 4 members (excludes halogenated alkanes) is 2. The third-order valence-electron chi connectivity index (χ3n) is 8.09. The maximum Gasteiger partial charge on any atom is 0.333 e. The maximum absolute atomic E-state index is 12.5. The first-order valence-electron chi connectivity index (χ1n) is 18.4. The van der Waals surface area contributed by atoms with Crippen molar-refractivity contribution in [3.05, 3.63) is 48.6 Å². The second-order valence-corrected chi connectivity index (χ2v) is 13.7. The highest BCUT2D eigenvalue weighted by Gasteiger charge is 2.25. The monoisotopic (exact) mass is 764 g/mol. The van der Waals surface area contributed by atoms with E-state index >= 15 is 0 Å². The number of hydrogen-bond donors (Lipinski definition) is 0. The van der Waals surface area contributed by atoms with Crippen molar-refractivity contribution in [2.24, 2.45) is 11.8 Å². The van der Waals surface area contributed by atoms with Crippen molar-refractivity contribution in [2.45, 2.75) is 104 Å². The van der Waals surface area contributed by atoms with Crippen molar-refractivity contribution in [1.29, 1.82) is 0 Å². The summed E-state index contributed by atoms with van der Waals surface area (Å²) in [5, 5.41) is 0. The minimum atomic E-state index is -0.796. The summed E-state index contributed by atoms with van der Waals surface area (Å²) in [6.45, 7) is 21.3. The molecule has 0 bridgehead atoms. The van der Waals surface area contributed by atoms with Crippen molar-refractivity contribution in [2.75, 3.05) is 52.9 Å². The first-order valence-corrected chi connectivity index (χ1v) is 18.4. The van der Waals surface area contributed by atoms with Gasteiger partial charge in [-0.05, 0) is 90.9 Å². The molecule has 2 atom stereocenters. The Balaban J connectivity index is 2.49. The number of hydrogen-bond acceptors (Lipinski definition) is 14. The summed E-state index contributed by atoms with van der Waals surface area (Å²) in [7, 11) is 0. The van der Waals surface area contributed by atoms with E-state index in [0.717, 1.165) is 25.7 Å². The molecule has 1 aliphatic rings. The fraction of sp³-hybridized carbons (Fsp3) is 0.650. The zero-order chi connectivity index (χ0) is 40.5. The summed E-state index contributed by atoms with van der Waals surface area (Å²) < 4.78 is 43.4. The maximum atomic E-state index is 12.5. The van der Waals surface area contributed by atoms with Crippen molar-refractivity contribution in [3.63, 3.8) is 0 Å². The van der Waals surface area contributed by atoms with E-state index in [2.05, 4.69) is 26.3 Å². The molecule has 0 spiro atoms. The van der Waals surface area contributed by atoms with Crippen LogP contribution in [0.4, 0.5) is 0 Å². The Morgan fingerprint density at radius 3 is 1.11 bits per heavy atom. The Morgan fingerprint density at radius 2 is 0.796 bits per heavy atom. The summed E-state index contributed by atoms with van der Waals surface area (Å²) in [6.07, 6.45) is 3.99. The van der Waals surface area contributed by atoms with Gasteiger partial charge in [-0.2, -0.15) is 0 Å². The Bertz CT molecular complexity index is 1200. The quantitative estimate of drug-likeness (QED) is 0.0424. The predicted octanol–water partition coefficient (Wildman–Crippen LogP) is 5.47. The standard InChI is InChI=1S/C40H60O14/c1-27(2)37(43)49-19-11-9-13-35(41)53-33(25-51-39(45)29(5)6)23-47-21-31-15-17-32(18-16-31)22-48-24-34(26-52-40(46)30(7)8)54-36(42)14-10-12-20-50-38(44)28(3)4/h31-34H,1,3,5,7,9-26H2,2,4,6,8H3. The molecule has 1 rings (SSSR count).